The summed E-state index contributed by atoms with van der Waals surface area (Å²) in [7, 11) is 0. The first kappa shape index (κ1) is 16.3. The van der Waals surface area contributed by atoms with E-state index in [0.717, 1.165) is 30.4 Å². The minimum absolute atomic E-state index is 0.0413. The lowest BCUT2D eigenvalue weighted by molar-refractivity contribution is -0.132. The highest BCUT2D eigenvalue weighted by atomic mass is 32.2. The average molecular weight is 337 g/mol. The molecule has 1 saturated carbocycles. The van der Waals surface area contributed by atoms with Gasteiger partial charge in [0.05, 0.1) is 11.7 Å². The van der Waals surface area contributed by atoms with E-state index >= 15 is 0 Å². The van der Waals surface area contributed by atoms with Crippen molar-refractivity contribution in [3.05, 3.63) is 5.82 Å². The van der Waals surface area contributed by atoms with Crippen LogP contribution in [0.5, 0.6) is 0 Å². The summed E-state index contributed by atoms with van der Waals surface area (Å²) in [5, 5.41) is 9.33. The van der Waals surface area contributed by atoms with E-state index in [1.807, 2.05) is 0 Å². The molecule has 2 N–H and O–H groups in total. The summed E-state index contributed by atoms with van der Waals surface area (Å²) in [5.41, 5.74) is 5.37. The molecule has 1 aromatic heterocycles. The number of nitrogens with zero attached hydrogens (tertiary/aromatic N) is 4. The molecule has 0 spiro atoms. The van der Waals surface area contributed by atoms with E-state index in [2.05, 4.69) is 21.7 Å². The Hall–Kier alpha value is -1.57. The predicted octanol–water partition coefficient (Wildman–Crippen LogP) is 0.991. The number of thioether (sulfide) groups is 1. The van der Waals surface area contributed by atoms with Gasteiger partial charge >= 0.3 is 0 Å². The third kappa shape index (κ3) is 3.68. The molecule has 126 valence electrons. The average Bonchev–Trinajstić information content (AvgIpc) is 3.32. The minimum Gasteiger partial charge on any atom is -0.369 e. The number of amides is 2. The Bertz CT molecular complexity index is 599. The Morgan fingerprint density at radius 2 is 2.09 bits per heavy atom. The molecule has 1 aliphatic heterocycles. The van der Waals surface area contributed by atoms with Crippen LogP contribution < -0.4 is 5.73 Å². The molecule has 1 saturated heterocycles. The summed E-state index contributed by atoms with van der Waals surface area (Å²) in [5.74, 6) is 1.45. The van der Waals surface area contributed by atoms with Crippen LogP contribution in [0.4, 0.5) is 0 Å². The molecule has 1 atom stereocenters. The first-order valence-corrected chi connectivity index (χ1v) is 9.21. The maximum Gasteiger partial charge on any atom is 0.233 e. The monoisotopic (exact) mass is 337 g/mol. The van der Waals surface area contributed by atoms with Gasteiger partial charge in [0.15, 0.2) is 5.16 Å². The lowest BCUT2D eigenvalue weighted by Crippen LogP contribution is -2.44. The SMILES string of the molecule is CCn1c(SCC(=O)N2CCC[C@@H](C(N)=O)C2)nnc1C1CC1. The van der Waals surface area contributed by atoms with Crippen molar-refractivity contribution in [3.8, 4) is 0 Å². The third-order valence-electron chi connectivity index (χ3n) is 4.51. The molecular formula is C15H23N5O2S. The Labute approximate surface area is 140 Å². The molecule has 1 aliphatic carbocycles. The summed E-state index contributed by atoms with van der Waals surface area (Å²) in [6.45, 7) is 4.05. The molecule has 3 rings (SSSR count). The highest BCUT2D eigenvalue weighted by Crippen LogP contribution is 2.40. The zero-order valence-electron chi connectivity index (χ0n) is 13.4. The molecule has 0 unspecified atom stereocenters. The Morgan fingerprint density at radius 3 is 2.74 bits per heavy atom. The van der Waals surface area contributed by atoms with Crippen molar-refractivity contribution in [3.63, 3.8) is 0 Å². The van der Waals surface area contributed by atoms with E-state index in [-0.39, 0.29) is 17.7 Å². The third-order valence-corrected chi connectivity index (χ3v) is 5.46. The molecule has 2 amide bonds. The van der Waals surface area contributed by atoms with Crippen LogP contribution in [-0.2, 0) is 16.1 Å². The van der Waals surface area contributed by atoms with Crippen molar-refractivity contribution < 1.29 is 9.59 Å². The van der Waals surface area contributed by atoms with E-state index < -0.39 is 0 Å². The summed E-state index contributed by atoms with van der Waals surface area (Å²) in [6, 6.07) is 0. The quantitative estimate of drug-likeness (QED) is 0.781. The molecule has 8 heteroatoms. The number of hydrogen-bond acceptors (Lipinski definition) is 5. The van der Waals surface area contributed by atoms with Gasteiger partial charge in [-0.25, -0.2) is 0 Å². The molecule has 7 nitrogen and oxygen atoms in total. The topological polar surface area (TPSA) is 94.1 Å². The minimum atomic E-state index is -0.310. The van der Waals surface area contributed by atoms with Crippen molar-refractivity contribution >= 4 is 23.6 Å². The highest BCUT2D eigenvalue weighted by molar-refractivity contribution is 7.99. The number of primary amides is 1. The number of nitrogens with two attached hydrogens (primary N) is 1. The second kappa shape index (κ2) is 6.90. The molecule has 2 fully saturated rings. The fourth-order valence-corrected chi connectivity index (χ4v) is 3.91. The zero-order valence-corrected chi connectivity index (χ0v) is 14.2. The van der Waals surface area contributed by atoms with Gasteiger partial charge in [0, 0.05) is 25.6 Å². The van der Waals surface area contributed by atoms with E-state index in [0.29, 0.717) is 24.8 Å². The van der Waals surface area contributed by atoms with E-state index in [4.69, 9.17) is 5.73 Å². The predicted molar refractivity (Wildman–Crippen MR) is 86.9 cm³/mol. The van der Waals surface area contributed by atoms with Gasteiger partial charge < -0.3 is 15.2 Å². The number of hydrogen-bond donors (Lipinski definition) is 1. The normalized spacial score (nSPS) is 21.4. The largest absolute Gasteiger partial charge is 0.369 e. The summed E-state index contributed by atoms with van der Waals surface area (Å²) >= 11 is 1.43. The Kier molecular flexibility index (Phi) is 4.89. The number of carbonyl (C=O) groups excluding carboxylic acids is 2. The Morgan fingerprint density at radius 1 is 1.30 bits per heavy atom. The maximum atomic E-state index is 12.4. The molecule has 0 aromatic carbocycles. The molecule has 2 aliphatic rings. The summed E-state index contributed by atoms with van der Waals surface area (Å²) < 4.78 is 2.11. The van der Waals surface area contributed by atoms with E-state index in [9.17, 15) is 9.59 Å². The van der Waals surface area contributed by atoms with Crippen LogP contribution in [0.1, 0.15) is 44.3 Å². The van der Waals surface area contributed by atoms with Crippen LogP contribution in [-0.4, -0.2) is 50.3 Å². The van der Waals surface area contributed by atoms with E-state index in [1.165, 1.54) is 24.6 Å². The molecule has 1 aromatic rings. The lowest BCUT2D eigenvalue weighted by Gasteiger charge is -2.31. The summed E-state index contributed by atoms with van der Waals surface area (Å²) in [6.07, 6.45) is 3.98. The van der Waals surface area contributed by atoms with Gasteiger partial charge in [-0.15, -0.1) is 10.2 Å². The summed E-state index contributed by atoms with van der Waals surface area (Å²) in [4.78, 5) is 25.5. The van der Waals surface area contributed by atoms with Crippen molar-refractivity contribution in [1.29, 1.82) is 0 Å². The van der Waals surface area contributed by atoms with Crippen molar-refractivity contribution in [2.24, 2.45) is 11.7 Å². The van der Waals surface area contributed by atoms with Crippen LogP contribution >= 0.6 is 11.8 Å². The second-order valence-corrected chi connectivity index (χ2v) is 7.17. The fraction of sp³-hybridized carbons (Fsp3) is 0.733. The number of aromatic nitrogens is 3. The van der Waals surface area contributed by atoms with E-state index in [1.54, 1.807) is 4.90 Å². The molecular weight excluding hydrogens is 314 g/mol. The van der Waals surface area contributed by atoms with Crippen molar-refractivity contribution in [2.75, 3.05) is 18.8 Å². The first-order chi connectivity index (χ1) is 11.1. The number of likely N-dealkylation sites (tertiary alicyclic amines) is 1. The van der Waals surface area contributed by atoms with Crippen molar-refractivity contribution in [2.45, 2.75) is 50.2 Å². The number of rotatable bonds is 6. The maximum absolute atomic E-state index is 12.4. The molecule has 2 heterocycles. The van der Waals surface area contributed by atoms with Gasteiger partial charge in [-0.3, -0.25) is 9.59 Å². The van der Waals surface area contributed by atoms with Gasteiger partial charge in [0.25, 0.3) is 0 Å². The van der Waals surface area contributed by atoms with Crippen LogP contribution in [0.25, 0.3) is 0 Å². The van der Waals surface area contributed by atoms with Crippen molar-refractivity contribution in [1.82, 2.24) is 19.7 Å². The smallest absolute Gasteiger partial charge is 0.233 e. The first-order valence-electron chi connectivity index (χ1n) is 8.23. The van der Waals surface area contributed by atoms with Crippen LogP contribution in [0.15, 0.2) is 5.16 Å². The fourth-order valence-electron chi connectivity index (χ4n) is 3.00. The number of piperidine rings is 1. The zero-order chi connectivity index (χ0) is 16.4. The standard InChI is InChI=1S/C15H23N5O2S/c1-2-20-14(10-5-6-10)17-18-15(20)23-9-12(21)19-7-3-4-11(8-19)13(16)22/h10-11H,2-9H2,1H3,(H2,16,22)/t11-/m1/s1. The van der Waals surface area contributed by atoms with Gasteiger partial charge in [0.2, 0.25) is 11.8 Å². The van der Waals surface area contributed by atoms with Crippen LogP contribution in [0.2, 0.25) is 0 Å². The molecule has 23 heavy (non-hydrogen) atoms. The van der Waals surface area contributed by atoms with Crippen LogP contribution in [0, 0.1) is 5.92 Å². The molecule has 0 bridgehead atoms. The Balaban J connectivity index is 1.57. The van der Waals surface area contributed by atoms with Gasteiger partial charge in [-0.1, -0.05) is 11.8 Å². The second-order valence-electron chi connectivity index (χ2n) is 6.23. The molecule has 0 radical (unpaired) electrons. The van der Waals surface area contributed by atoms with Gasteiger partial charge in [-0.2, -0.15) is 0 Å². The lowest BCUT2D eigenvalue weighted by atomic mass is 9.97. The van der Waals surface area contributed by atoms with Crippen LogP contribution in [0.3, 0.4) is 0 Å². The van der Waals surface area contributed by atoms with Gasteiger partial charge in [0.1, 0.15) is 5.82 Å². The number of carbonyl (C=O) groups is 2. The van der Waals surface area contributed by atoms with Gasteiger partial charge in [-0.05, 0) is 32.6 Å². The highest BCUT2D eigenvalue weighted by Gasteiger charge is 2.31.